The van der Waals surface area contributed by atoms with Crippen molar-refractivity contribution in [1.82, 2.24) is 0 Å². The standard InChI is InChI=1S/2C6H7NO3S.2C2H2O3.Ti/c2*7-5-1-3-6(4-2-5)11(8,9)10;2*3-1-2(4)5;/h2*1-4H,7H2,(H,8,9,10);2*1H,(H,4,5);/q;;;;+4/p-4. The molecule has 0 unspecified atom stereocenters. The summed E-state index contributed by atoms with van der Waals surface area (Å²) < 4.78 is 62.1. The van der Waals surface area contributed by atoms with Crippen LogP contribution in [0.2, 0.25) is 0 Å². The normalized spacial score (nSPS) is 9.52. The van der Waals surface area contributed by atoms with Crippen LogP contribution in [0.1, 0.15) is 0 Å². The summed E-state index contributed by atoms with van der Waals surface area (Å²) >= 11 is 0. The molecule has 33 heavy (non-hydrogen) atoms. The Morgan fingerprint density at radius 3 is 0.939 bits per heavy atom. The Kier molecular flexibility index (Phi) is 17.2. The van der Waals surface area contributed by atoms with Crippen molar-refractivity contribution in [3.63, 3.8) is 0 Å². The average Bonchev–Trinajstić information content (AvgIpc) is 2.68. The van der Waals surface area contributed by atoms with Crippen molar-refractivity contribution < 1.29 is 77.1 Å². The summed E-state index contributed by atoms with van der Waals surface area (Å²) in [6.07, 6.45) is -0.556. The molecular formula is C16H14N2O12S2Ti. The van der Waals surface area contributed by atoms with E-state index in [0.717, 1.165) is 0 Å². The Morgan fingerprint density at radius 1 is 0.636 bits per heavy atom. The molecule has 0 fully saturated rings. The molecule has 0 radical (unpaired) electrons. The van der Waals surface area contributed by atoms with Crippen LogP contribution in [0.5, 0.6) is 0 Å². The smallest absolute Gasteiger partial charge is 0.744 e. The number of anilines is 2. The number of nitrogen functional groups attached to an aromatic ring is 2. The summed E-state index contributed by atoms with van der Waals surface area (Å²) in [5, 5.41) is 17.8. The first kappa shape index (κ1) is 34.5. The Labute approximate surface area is 202 Å². The number of carbonyl (C=O) groups excluding carboxylic acids is 4. The van der Waals surface area contributed by atoms with Crippen LogP contribution in [0, 0.1) is 0 Å². The van der Waals surface area contributed by atoms with E-state index in [2.05, 4.69) is 0 Å². The van der Waals surface area contributed by atoms with Gasteiger partial charge in [0.15, 0.2) is 12.6 Å². The summed E-state index contributed by atoms with van der Waals surface area (Å²) in [7, 11) is -8.65. The number of benzene rings is 2. The average molecular weight is 538 g/mol. The molecule has 0 atom stereocenters. The molecule has 0 aromatic heterocycles. The van der Waals surface area contributed by atoms with Gasteiger partial charge in [-0.05, 0) is 48.5 Å². The minimum Gasteiger partial charge on any atom is -0.744 e. The first-order chi connectivity index (χ1) is 14.5. The number of aldehydes is 2. The molecule has 0 aliphatic carbocycles. The van der Waals surface area contributed by atoms with Gasteiger partial charge in [-0.2, -0.15) is 0 Å². The van der Waals surface area contributed by atoms with Crippen molar-refractivity contribution in [3.05, 3.63) is 48.5 Å². The van der Waals surface area contributed by atoms with Gasteiger partial charge in [0.2, 0.25) is 0 Å². The molecule has 176 valence electrons. The largest absolute Gasteiger partial charge is 4.00 e. The molecule has 0 aliphatic rings. The van der Waals surface area contributed by atoms with E-state index in [1.165, 1.54) is 48.5 Å². The predicted molar refractivity (Wildman–Crippen MR) is 99.8 cm³/mol. The second-order valence-corrected chi connectivity index (χ2v) is 7.68. The van der Waals surface area contributed by atoms with Gasteiger partial charge in [-0.15, -0.1) is 0 Å². The van der Waals surface area contributed by atoms with E-state index < -0.39 is 32.2 Å². The third kappa shape index (κ3) is 19.3. The fourth-order valence-corrected chi connectivity index (χ4v) is 2.21. The van der Waals surface area contributed by atoms with Crippen molar-refractivity contribution in [1.29, 1.82) is 0 Å². The molecule has 0 heterocycles. The molecule has 2 rings (SSSR count). The number of carbonyl (C=O) groups is 4. The van der Waals surface area contributed by atoms with Gasteiger partial charge in [0.05, 0.1) is 9.79 Å². The van der Waals surface area contributed by atoms with Crippen molar-refractivity contribution in [2.45, 2.75) is 9.79 Å². The fourth-order valence-electron chi connectivity index (χ4n) is 1.27. The van der Waals surface area contributed by atoms with Crippen LogP contribution in [-0.4, -0.2) is 50.5 Å². The van der Waals surface area contributed by atoms with E-state index >= 15 is 0 Å². The fraction of sp³-hybridized carbons (Fsp3) is 0. The van der Waals surface area contributed by atoms with Gasteiger partial charge in [-0.25, -0.2) is 16.8 Å². The van der Waals surface area contributed by atoms with Crippen molar-refractivity contribution in [3.8, 4) is 0 Å². The minimum atomic E-state index is -4.33. The Bertz CT molecular complexity index is 1030. The summed E-state index contributed by atoms with van der Waals surface area (Å²) in [4.78, 5) is 34.9. The topological polar surface area (TPSA) is 281 Å². The van der Waals surface area contributed by atoms with Gasteiger partial charge in [0.1, 0.15) is 32.2 Å². The van der Waals surface area contributed by atoms with Crippen LogP contribution in [0.3, 0.4) is 0 Å². The van der Waals surface area contributed by atoms with Gasteiger partial charge in [0.25, 0.3) is 0 Å². The number of nitrogens with two attached hydrogens (primary N) is 2. The van der Waals surface area contributed by atoms with Crippen LogP contribution in [0.4, 0.5) is 11.4 Å². The van der Waals surface area contributed by atoms with E-state index in [0.29, 0.717) is 11.4 Å². The number of hydrogen-bond donors (Lipinski definition) is 2. The van der Waals surface area contributed by atoms with Gasteiger partial charge in [-0.1, -0.05) is 0 Å². The SMILES string of the molecule is Nc1ccc(S(=O)(=O)[O-])cc1.Nc1ccc(S(=O)(=O)[O-])cc1.O=CC(=O)[O-].O=CC(=O)[O-].[Ti+4]. The second-order valence-electron chi connectivity index (χ2n) is 4.92. The van der Waals surface area contributed by atoms with E-state index in [1.54, 1.807) is 0 Å². The molecule has 0 saturated heterocycles. The third-order valence-electron chi connectivity index (χ3n) is 2.53. The molecule has 14 nitrogen and oxygen atoms in total. The van der Waals surface area contributed by atoms with E-state index in [4.69, 9.17) is 40.9 Å². The summed E-state index contributed by atoms with van der Waals surface area (Å²) in [6, 6.07) is 10.2. The Hall–Kier alpha value is -3.15. The molecule has 0 saturated carbocycles. The second kappa shape index (κ2) is 16.5. The molecule has 0 bridgehead atoms. The quantitative estimate of drug-likeness (QED) is 0.124. The monoisotopic (exact) mass is 538 g/mol. The number of rotatable bonds is 4. The molecule has 17 heteroatoms. The summed E-state index contributed by atoms with van der Waals surface area (Å²) in [6.45, 7) is 0. The van der Waals surface area contributed by atoms with Crippen molar-refractivity contribution in [2.75, 3.05) is 11.5 Å². The first-order valence-corrected chi connectivity index (χ1v) is 10.3. The van der Waals surface area contributed by atoms with Crippen LogP contribution >= 0.6 is 0 Å². The molecule has 4 N–H and O–H groups in total. The molecule has 2 aromatic carbocycles. The molecule has 0 aliphatic heterocycles. The number of carboxylic acids is 2. The van der Waals surface area contributed by atoms with Crippen molar-refractivity contribution >= 4 is 56.1 Å². The predicted octanol–water partition coefficient (Wildman–Crippen LogP) is -3.79. The number of aliphatic carboxylic acids is 2. The molecular weight excluding hydrogens is 524 g/mol. The minimum absolute atomic E-state index is 0. The van der Waals surface area contributed by atoms with Crippen LogP contribution in [0.15, 0.2) is 58.3 Å². The van der Waals surface area contributed by atoms with Crippen LogP contribution in [0.25, 0.3) is 0 Å². The molecule has 0 spiro atoms. The maximum absolute atomic E-state index is 10.3. The summed E-state index contributed by atoms with van der Waals surface area (Å²) in [5.74, 6) is -3.35. The van der Waals surface area contributed by atoms with Gasteiger partial charge in [0, 0.05) is 11.4 Å². The van der Waals surface area contributed by atoms with Crippen LogP contribution in [-0.2, 0) is 61.1 Å². The first-order valence-electron chi connectivity index (χ1n) is 7.49. The van der Waals surface area contributed by atoms with Crippen LogP contribution < -0.4 is 21.7 Å². The molecule has 2 aromatic rings. The zero-order valence-corrected chi connectivity index (χ0v) is 19.3. The van der Waals surface area contributed by atoms with Crippen molar-refractivity contribution in [2.24, 2.45) is 0 Å². The maximum Gasteiger partial charge on any atom is 4.00 e. The molecule has 0 amide bonds. The zero-order valence-electron chi connectivity index (χ0n) is 16.1. The summed E-state index contributed by atoms with van der Waals surface area (Å²) in [5.41, 5.74) is 11.4. The number of hydrogen-bond acceptors (Lipinski definition) is 14. The Balaban J connectivity index is -0.000000386. The van der Waals surface area contributed by atoms with E-state index in [-0.39, 0.29) is 44.1 Å². The van der Waals surface area contributed by atoms with Gasteiger partial charge >= 0.3 is 21.7 Å². The van der Waals surface area contributed by atoms with E-state index in [1.807, 2.05) is 0 Å². The maximum atomic E-state index is 10.3. The third-order valence-corrected chi connectivity index (χ3v) is 4.23. The van der Waals surface area contributed by atoms with Gasteiger partial charge in [-0.3, -0.25) is 9.59 Å². The van der Waals surface area contributed by atoms with E-state index in [9.17, 15) is 25.9 Å². The Morgan fingerprint density at radius 2 is 0.818 bits per heavy atom. The van der Waals surface area contributed by atoms with Gasteiger partial charge < -0.3 is 40.4 Å². The number of carboxylic acid groups (broad SMARTS) is 2. The zero-order chi connectivity index (χ0) is 25.5.